The lowest BCUT2D eigenvalue weighted by atomic mass is 10.1. The smallest absolute Gasteiger partial charge is 0.227 e. The van der Waals surface area contributed by atoms with Crippen LogP contribution in [0.25, 0.3) is 11.4 Å². The summed E-state index contributed by atoms with van der Waals surface area (Å²) in [7, 11) is 0. The summed E-state index contributed by atoms with van der Waals surface area (Å²) >= 11 is 1.41. The molecule has 5 rings (SSSR count). The summed E-state index contributed by atoms with van der Waals surface area (Å²) in [6.07, 6.45) is 7.15. The Balaban J connectivity index is 1.33. The second-order valence-corrected chi connectivity index (χ2v) is 8.50. The van der Waals surface area contributed by atoms with Crippen LogP contribution in [0, 0.1) is 0 Å². The van der Waals surface area contributed by atoms with E-state index in [1.54, 1.807) is 23.4 Å². The van der Waals surface area contributed by atoms with Gasteiger partial charge >= 0.3 is 0 Å². The number of pyridine rings is 1. The van der Waals surface area contributed by atoms with Crippen molar-refractivity contribution in [2.75, 3.05) is 17.2 Å². The van der Waals surface area contributed by atoms with Gasteiger partial charge in [-0.1, -0.05) is 23.9 Å². The highest BCUT2D eigenvalue weighted by atomic mass is 32.2. The van der Waals surface area contributed by atoms with Crippen molar-refractivity contribution in [3.8, 4) is 11.4 Å². The van der Waals surface area contributed by atoms with Crippen LogP contribution in [0.3, 0.4) is 0 Å². The molecule has 0 atom stereocenters. The lowest BCUT2D eigenvalue weighted by Gasteiger charge is -2.16. The molecule has 152 valence electrons. The maximum absolute atomic E-state index is 12.8. The predicted octanol–water partition coefficient (Wildman–Crippen LogP) is 3.78. The number of carbonyl (C=O) groups is 2. The van der Waals surface area contributed by atoms with E-state index >= 15 is 0 Å². The standard InChI is InChI=1S/C22H21N5O2S/c28-19(15-4-1-6-18(12-15)26-11-3-7-20(26)29)14-30-22-25-24-21(27(22)17-8-9-17)16-5-2-10-23-13-16/h1-2,4-6,10,12-13,17H,3,7-9,11,14H2. The molecule has 0 N–H and O–H groups in total. The van der Waals surface area contributed by atoms with Crippen molar-refractivity contribution in [3.63, 3.8) is 0 Å². The first-order valence-corrected chi connectivity index (χ1v) is 11.1. The van der Waals surface area contributed by atoms with Gasteiger partial charge in [0.2, 0.25) is 5.91 Å². The van der Waals surface area contributed by atoms with E-state index in [4.69, 9.17) is 0 Å². The summed E-state index contributed by atoms with van der Waals surface area (Å²) in [5.41, 5.74) is 2.34. The van der Waals surface area contributed by atoms with Gasteiger partial charge in [0.1, 0.15) is 0 Å². The minimum atomic E-state index is 0.0155. The Bertz CT molecular complexity index is 1090. The largest absolute Gasteiger partial charge is 0.312 e. The first kappa shape index (κ1) is 19.0. The van der Waals surface area contributed by atoms with Gasteiger partial charge in [-0.15, -0.1) is 10.2 Å². The number of aromatic nitrogens is 4. The molecule has 30 heavy (non-hydrogen) atoms. The van der Waals surface area contributed by atoms with Crippen molar-refractivity contribution in [3.05, 3.63) is 54.4 Å². The normalized spacial score (nSPS) is 16.3. The summed E-state index contributed by atoms with van der Waals surface area (Å²) in [4.78, 5) is 30.8. The molecule has 3 aromatic rings. The average Bonchev–Trinajstić information content (AvgIpc) is 3.39. The van der Waals surface area contributed by atoms with E-state index in [1.807, 2.05) is 30.3 Å². The van der Waals surface area contributed by atoms with Crippen LogP contribution >= 0.6 is 11.8 Å². The van der Waals surface area contributed by atoms with Crippen molar-refractivity contribution in [1.29, 1.82) is 0 Å². The van der Waals surface area contributed by atoms with Gasteiger partial charge in [0.05, 0.1) is 5.75 Å². The number of ketones is 1. The molecule has 1 amide bonds. The molecule has 3 heterocycles. The van der Waals surface area contributed by atoms with E-state index in [2.05, 4.69) is 19.7 Å². The molecule has 0 spiro atoms. The van der Waals surface area contributed by atoms with E-state index < -0.39 is 0 Å². The Morgan fingerprint density at radius 1 is 1.17 bits per heavy atom. The van der Waals surface area contributed by atoms with Crippen LogP contribution in [0.1, 0.15) is 42.1 Å². The van der Waals surface area contributed by atoms with E-state index in [1.165, 1.54) is 11.8 Å². The lowest BCUT2D eigenvalue weighted by molar-refractivity contribution is -0.117. The molecule has 7 nitrogen and oxygen atoms in total. The van der Waals surface area contributed by atoms with Gasteiger partial charge in [-0.2, -0.15) is 0 Å². The zero-order valence-corrected chi connectivity index (χ0v) is 17.2. The van der Waals surface area contributed by atoms with Crippen LogP contribution in [0.5, 0.6) is 0 Å². The fraction of sp³-hybridized carbons (Fsp3) is 0.318. The summed E-state index contributed by atoms with van der Waals surface area (Å²) in [6.45, 7) is 0.715. The monoisotopic (exact) mass is 419 g/mol. The molecular weight excluding hydrogens is 398 g/mol. The van der Waals surface area contributed by atoms with Crippen molar-refractivity contribution in [1.82, 2.24) is 19.7 Å². The third-order valence-corrected chi connectivity index (χ3v) is 6.32. The fourth-order valence-electron chi connectivity index (χ4n) is 3.71. The summed E-state index contributed by atoms with van der Waals surface area (Å²) in [5, 5.41) is 9.48. The number of nitrogens with zero attached hydrogens (tertiary/aromatic N) is 5. The first-order valence-electron chi connectivity index (χ1n) is 10.1. The summed E-state index contributed by atoms with van der Waals surface area (Å²) in [6, 6.07) is 11.6. The van der Waals surface area contributed by atoms with E-state index in [-0.39, 0.29) is 17.4 Å². The number of benzene rings is 1. The molecule has 1 saturated carbocycles. The highest BCUT2D eigenvalue weighted by Crippen LogP contribution is 2.41. The number of rotatable bonds is 7. The van der Waals surface area contributed by atoms with Crippen molar-refractivity contribution in [2.24, 2.45) is 0 Å². The second-order valence-electron chi connectivity index (χ2n) is 7.56. The maximum Gasteiger partial charge on any atom is 0.227 e. The quantitative estimate of drug-likeness (QED) is 0.428. The van der Waals surface area contributed by atoms with Crippen LogP contribution in [-0.2, 0) is 4.79 Å². The Kier molecular flexibility index (Phi) is 5.08. The number of thioether (sulfide) groups is 1. The highest BCUT2D eigenvalue weighted by molar-refractivity contribution is 7.99. The minimum absolute atomic E-state index is 0.0155. The number of amides is 1. The van der Waals surface area contributed by atoms with Crippen LogP contribution in [0.2, 0.25) is 0 Å². The second kappa shape index (κ2) is 8.02. The molecule has 2 aliphatic rings. The molecule has 2 fully saturated rings. The zero-order chi connectivity index (χ0) is 20.5. The van der Waals surface area contributed by atoms with Gasteiger partial charge in [0, 0.05) is 48.2 Å². The summed E-state index contributed by atoms with van der Waals surface area (Å²) in [5.74, 6) is 1.21. The third-order valence-electron chi connectivity index (χ3n) is 5.38. The molecule has 1 aliphatic carbocycles. The van der Waals surface area contributed by atoms with Gasteiger partial charge in [-0.3, -0.25) is 19.1 Å². The average molecular weight is 420 g/mol. The van der Waals surface area contributed by atoms with Crippen LogP contribution in [-0.4, -0.2) is 43.7 Å². The Hall–Kier alpha value is -3.00. The molecule has 0 radical (unpaired) electrons. The highest BCUT2D eigenvalue weighted by Gasteiger charge is 2.30. The first-order chi connectivity index (χ1) is 14.7. The number of hydrogen-bond donors (Lipinski definition) is 0. The van der Waals surface area contributed by atoms with Crippen molar-refractivity contribution >= 4 is 29.1 Å². The van der Waals surface area contributed by atoms with Gasteiger partial charge in [0.25, 0.3) is 0 Å². The molecular formula is C22H21N5O2S. The topological polar surface area (TPSA) is 81.0 Å². The Labute approximate surface area is 178 Å². The number of anilines is 1. The van der Waals surface area contributed by atoms with Crippen LogP contribution < -0.4 is 4.90 Å². The van der Waals surface area contributed by atoms with E-state index in [0.29, 0.717) is 24.6 Å². The predicted molar refractivity (Wildman–Crippen MR) is 115 cm³/mol. The Morgan fingerprint density at radius 2 is 2.07 bits per heavy atom. The number of Topliss-reactive ketones (excluding diaryl/α,β-unsaturated/α-hetero) is 1. The lowest BCUT2D eigenvalue weighted by Crippen LogP contribution is -2.23. The van der Waals surface area contributed by atoms with Gasteiger partial charge in [-0.05, 0) is 43.5 Å². The maximum atomic E-state index is 12.8. The number of hydrogen-bond acceptors (Lipinski definition) is 6. The molecule has 1 saturated heterocycles. The molecule has 1 aromatic carbocycles. The van der Waals surface area contributed by atoms with Crippen LogP contribution in [0.15, 0.2) is 53.9 Å². The Morgan fingerprint density at radius 3 is 2.80 bits per heavy atom. The molecule has 8 heteroatoms. The van der Waals surface area contributed by atoms with Gasteiger partial charge in [0.15, 0.2) is 16.8 Å². The molecule has 1 aliphatic heterocycles. The van der Waals surface area contributed by atoms with Crippen LogP contribution in [0.4, 0.5) is 5.69 Å². The van der Waals surface area contributed by atoms with Gasteiger partial charge < -0.3 is 4.90 Å². The number of carbonyl (C=O) groups excluding carboxylic acids is 2. The molecule has 0 bridgehead atoms. The third kappa shape index (κ3) is 3.75. The van der Waals surface area contributed by atoms with Gasteiger partial charge in [-0.25, -0.2) is 0 Å². The van der Waals surface area contributed by atoms with E-state index in [9.17, 15) is 9.59 Å². The zero-order valence-electron chi connectivity index (χ0n) is 16.4. The van der Waals surface area contributed by atoms with Crippen molar-refractivity contribution in [2.45, 2.75) is 36.9 Å². The van der Waals surface area contributed by atoms with E-state index in [0.717, 1.165) is 41.5 Å². The van der Waals surface area contributed by atoms with Crippen molar-refractivity contribution < 1.29 is 9.59 Å². The molecule has 2 aromatic heterocycles. The minimum Gasteiger partial charge on any atom is -0.312 e. The SMILES string of the molecule is O=C(CSc1nnc(-c2cccnc2)n1C1CC1)c1cccc(N2CCCC2=O)c1. The fourth-order valence-corrected chi connectivity index (χ4v) is 4.61. The molecule has 0 unspecified atom stereocenters. The summed E-state index contributed by atoms with van der Waals surface area (Å²) < 4.78 is 2.13.